The van der Waals surface area contributed by atoms with Crippen molar-refractivity contribution < 1.29 is 17.8 Å². The van der Waals surface area contributed by atoms with Gasteiger partial charge in [0.05, 0.1) is 0 Å². The summed E-state index contributed by atoms with van der Waals surface area (Å²) in [6, 6.07) is 6.08. The van der Waals surface area contributed by atoms with E-state index in [1.807, 2.05) is 0 Å². The van der Waals surface area contributed by atoms with Crippen molar-refractivity contribution in [2.45, 2.75) is 0 Å². The van der Waals surface area contributed by atoms with Gasteiger partial charge in [0, 0.05) is 11.3 Å². The zero-order valence-corrected chi connectivity index (χ0v) is 7.99. The van der Waals surface area contributed by atoms with Crippen molar-refractivity contribution in [3.63, 3.8) is 0 Å². The first-order valence-corrected chi connectivity index (χ1v) is 5.34. The second-order valence-electron chi connectivity index (χ2n) is 2.74. The molecular weight excluding hydrogens is 206 g/mol. The van der Waals surface area contributed by atoms with Crippen molar-refractivity contribution in [3.05, 3.63) is 29.8 Å². The third-order valence-electron chi connectivity index (χ3n) is 1.57. The molecule has 5 nitrogen and oxygen atoms in total. The lowest BCUT2D eigenvalue weighted by Gasteiger charge is -2.01. The van der Waals surface area contributed by atoms with Gasteiger partial charge in [-0.15, -0.1) is 0 Å². The number of para-hydroxylation sites is 1. The molecule has 6 heteroatoms. The molecule has 1 rings (SSSR count). The van der Waals surface area contributed by atoms with Crippen LogP contribution < -0.4 is 5.73 Å². The van der Waals surface area contributed by atoms with E-state index in [9.17, 15) is 13.2 Å². The first kappa shape index (κ1) is 10.7. The molecule has 0 aliphatic carbocycles. The van der Waals surface area contributed by atoms with Gasteiger partial charge in [0.2, 0.25) is 0 Å². The summed E-state index contributed by atoms with van der Waals surface area (Å²) in [5.41, 5.74) is 5.74. The zero-order valence-electron chi connectivity index (χ0n) is 7.17. The predicted octanol–water partition coefficient (Wildman–Crippen LogP) is 0.339. The smallest absolute Gasteiger partial charge is 0.272 e. The summed E-state index contributed by atoms with van der Waals surface area (Å²) in [5, 5.41) is 0. The molecule has 1 aromatic carbocycles. The van der Waals surface area contributed by atoms with Crippen LogP contribution in [0.4, 0.5) is 5.69 Å². The molecule has 76 valence electrons. The maximum Gasteiger partial charge on any atom is 0.272 e. The fourth-order valence-corrected chi connectivity index (χ4v) is 1.48. The summed E-state index contributed by atoms with van der Waals surface area (Å²) < 4.78 is 29.3. The van der Waals surface area contributed by atoms with E-state index in [4.69, 9.17) is 10.3 Å². The standard InChI is InChI=1S/C8H9NO4S/c9-7-4-2-1-3-6(7)8(10)5-14(11,12)13/h1-4H,5,9H2,(H,11,12,13). The minimum absolute atomic E-state index is 0.102. The molecule has 0 aromatic heterocycles. The lowest BCUT2D eigenvalue weighted by Crippen LogP contribution is -2.16. The van der Waals surface area contributed by atoms with Crippen LogP contribution in [-0.2, 0) is 10.1 Å². The van der Waals surface area contributed by atoms with E-state index in [0.29, 0.717) is 0 Å². The van der Waals surface area contributed by atoms with Gasteiger partial charge in [0.1, 0.15) is 5.75 Å². The van der Waals surface area contributed by atoms with E-state index in [-0.39, 0.29) is 11.3 Å². The van der Waals surface area contributed by atoms with Crippen molar-refractivity contribution in [3.8, 4) is 0 Å². The Balaban J connectivity index is 2.97. The maximum atomic E-state index is 11.3. The zero-order chi connectivity index (χ0) is 10.8. The number of carbonyl (C=O) groups is 1. The number of rotatable bonds is 3. The summed E-state index contributed by atoms with van der Waals surface area (Å²) in [6.07, 6.45) is 0. The van der Waals surface area contributed by atoms with Crippen LogP contribution in [-0.4, -0.2) is 24.5 Å². The third kappa shape index (κ3) is 2.82. The summed E-state index contributed by atoms with van der Waals surface area (Å²) >= 11 is 0. The van der Waals surface area contributed by atoms with Crippen molar-refractivity contribution in [1.29, 1.82) is 0 Å². The van der Waals surface area contributed by atoms with Crippen LogP contribution in [0.1, 0.15) is 10.4 Å². The molecule has 0 heterocycles. The molecule has 0 amide bonds. The van der Waals surface area contributed by atoms with Crippen LogP contribution in [0.3, 0.4) is 0 Å². The Morgan fingerprint density at radius 2 is 1.93 bits per heavy atom. The number of carbonyl (C=O) groups excluding carboxylic acids is 1. The van der Waals surface area contributed by atoms with Gasteiger partial charge in [-0.1, -0.05) is 12.1 Å². The molecule has 14 heavy (non-hydrogen) atoms. The number of anilines is 1. The largest absolute Gasteiger partial charge is 0.398 e. The second-order valence-corrected chi connectivity index (χ2v) is 4.19. The molecule has 0 atom stereocenters. The van der Waals surface area contributed by atoms with Crippen molar-refractivity contribution in [1.82, 2.24) is 0 Å². The van der Waals surface area contributed by atoms with Gasteiger partial charge in [0.15, 0.2) is 5.78 Å². The SMILES string of the molecule is Nc1ccccc1C(=O)CS(=O)(=O)O. The van der Waals surface area contributed by atoms with Crippen molar-refractivity contribution in [2.75, 3.05) is 11.5 Å². The van der Waals surface area contributed by atoms with Gasteiger partial charge < -0.3 is 5.73 Å². The first-order valence-electron chi connectivity index (χ1n) is 3.73. The number of Topliss-reactive ketones (excluding diaryl/α,β-unsaturated/α-hetero) is 1. The van der Waals surface area contributed by atoms with Gasteiger partial charge in [-0.3, -0.25) is 9.35 Å². The van der Waals surface area contributed by atoms with Crippen LogP contribution in [0.2, 0.25) is 0 Å². The summed E-state index contributed by atoms with van der Waals surface area (Å²) in [5.74, 6) is -1.66. The van der Waals surface area contributed by atoms with E-state index in [1.54, 1.807) is 12.1 Å². The van der Waals surface area contributed by atoms with Crippen LogP contribution in [0.15, 0.2) is 24.3 Å². The maximum absolute atomic E-state index is 11.3. The Kier molecular flexibility index (Phi) is 2.87. The molecule has 0 saturated carbocycles. The lowest BCUT2D eigenvalue weighted by molar-refractivity contribution is 0.102. The molecule has 0 bridgehead atoms. The average Bonchev–Trinajstić information content (AvgIpc) is 2.01. The molecule has 0 spiro atoms. The molecule has 0 aliphatic heterocycles. The quantitative estimate of drug-likeness (QED) is 0.430. The summed E-state index contributed by atoms with van der Waals surface area (Å²) in [4.78, 5) is 11.3. The Labute approximate surface area is 81.3 Å². The Hall–Kier alpha value is -1.40. The molecule has 0 saturated heterocycles. The average molecular weight is 215 g/mol. The molecule has 0 fully saturated rings. The normalized spacial score (nSPS) is 11.2. The van der Waals surface area contributed by atoms with Crippen LogP contribution in [0, 0.1) is 0 Å². The highest BCUT2D eigenvalue weighted by molar-refractivity contribution is 7.86. The van der Waals surface area contributed by atoms with E-state index in [1.165, 1.54) is 12.1 Å². The number of hydrogen-bond donors (Lipinski definition) is 2. The van der Waals surface area contributed by atoms with Gasteiger partial charge in [0.25, 0.3) is 10.1 Å². The van der Waals surface area contributed by atoms with Gasteiger partial charge in [-0.25, -0.2) is 0 Å². The molecule has 1 aromatic rings. The fourth-order valence-electron chi connectivity index (χ4n) is 0.994. The van der Waals surface area contributed by atoms with E-state index in [0.717, 1.165) is 0 Å². The minimum atomic E-state index is -4.29. The van der Waals surface area contributed by atoms with Crippen LogP contribution in [0.25, 0.3) is 0 Å². The van der Waals surface area contributed by atoms with Gasteiger partial charge >= 0.3 is 0 Å². The second kappa shape index (κ2) is 3.77. The van der Waals surface area contributed by atoms with E-state index < -0.39 is 21.7 Å². The number of benzene rings is 1. The van der Waals surface area contributed by atoms with E-state index >= 15 is 0 Å². The lowest BCUT2D eigenvalue weighted by atomic mass is 10.1. The highest BCUT2D eigenvalue weighted by Gasteiger charge is 2.16. The number of nitrogen functional groups attached to an aromatic ring is 1. The number of hydrogen-bond acceptors (Lipinski definition) is 4. The Morgan fingerprint density at radius 1 is 1.36 bits per heavy atom. The molecule has 0 aliphatic rings. The molecule has 3 N–H and O–H groups in total. The molecule has 0 unspecified atom stereocenters. The van der Waals surface area contributed by atoms with Gasteiger partial charge in [-0.2, -0.15) is 8.42 Å². The molecular formula is C8H9NO4S. The highest BCUT2D eigenvalue weighted by atomic mass is 32.2. The van der Waals surface area contributed by atoms with E-state index in [2.05, 4.69) is 0 Å². The van der Waals surface area contributed by atoms with Crippen molar-refractivity contribution >= 4 is 21.6 Å². The first-order chi connectivity index (χ1) is 6.40. The number of ketones is 1. The number of nitrogens with two attached hydrogens (primary N) is 1. The van der Waals surface area contributed by atoms with Crippen molar-refractivity contribution in [2.24, 2.45) is 0 Å². The summed E-state index contributed by atoms with van der Waals surface area (Å²) in [7, 11) is -4.29. The van der Waals surface area contributed by atoms with Crippen LogP contribution in [0.5, 0.6) is 0 Å². The summed E-state index contributed by atoms with van der Waals surface area (Å²) in [6.45, 7) is 0. The Bertz CT molecular complexity index is 452. The third-order valence-corrected chi connectivity index (χ3v) is 2.20. The minimum Gasteiger partial charge on any atom is -0.398 e. The fraction of sp³-hybridized carbons (Fsp3) is 0.125. The molecule has 0 radical (unpaired) electrons. The topological polar surface area (TPSA) is 97.5 Å². The highest BCUT2D eigenvalue weighted by Crippen LogP contribution is 2.11. The van der Waals surface area contributed by atoms with Crippen LogP contribution >= 0.6 is 0 Å². The Morgan fingerprint density at radius 3 is 2.43 bits per heavy atom. The monoisotopic (exact) mass is 215 g/mol. The van der Waals surface area contributed by atoms with Gasteiger partial charge in [-0.05, 0) is 12.1 Å². The predicted molar refractivity (Wildman–Crippen MR) is 51.6 cm³/mol.